The summed E-state index contributed by atoms with van der Waals surface area (Å²) in [5.41, 5.74) is 11.1. The Kier molecular flexibility index (Phi) is 8.91. The van der Waals surface area contributed by atoms with Crippen LogP contribution in [0.5, 0.6) is 0 Å². The summed E-state index contributed by atoms with van der Waals surface area (Å²) in [6.45, 7) is 3.88. The SMILES string of the molecule is Cc1ccc(-c2ccccc2C(=O)Nc2ccc(C(=O)N3CCC(=O)N(C(C(N)=O)N4CCOCC4)c4ccccc43)cc2)cc1. The van der Waals surface area contributed by atoms with Gasteiger partial charge < -0.3 is 20.7 Å². The number of anilines is 3. The number of benzene rings is 4. The predicted molar refractivity (Wildman–Crippen MR) is 177 cm³/mol. The fourth-order valence-corrected chi connectivity index (χ4v) is 5.97. The topological polar surface area (TPSA) is 125 Å². The van der Waals surface area contributed by atoms with Crippen LogP contribution in [-0.2, 0) is 14.3 Å². The molecule has 0 aliphatic carbocycles. The zero-order chi connectivity index (χ0) is 32.2. The van der Waals surface area contributed by atoms with Crippen LogP contribution in [0.2, 0.25) is 0 Å². The Labute approximate surface area is 267 Å². The molecule has 46 heavy (non-hydrogen) atoms. The second-order valence-corrected chi connectivity index (χ2v) is 11.3. The van der Waals surface area contributed by atoms with Gasteiger partial charge in [-0.15, -0.1) is 0 Å². The molecule has 4 amide bonds. The lowest BCUT2D eigenvalue weighted by Gasteiger charge is -2.39. The lowest BCUT2D eigenvalue weighted by Crippen LogP contribution is -2.60. The number of amides is 4. The van der Waals surface area contributed by atoms with Gasteiger partial charge in [-0.25, -0.2) is 0 Å². The van der Waals surface area contributed by atoms with Gasteiger partial charge in [0.2, 0.25) is 5.91 Å². The Morgan fingerprint density at radius 1 is 0.804 bits per heavy atom. The molecule has 10 nitrogen and oxygen atoms in total. The van der Waals surface area contributed by atoms with E-state index in [0.717, 1.165) is 16.7 Å². The van der Waals surface area contributed by atoms with Crippen LogP contribution < -0.4 is 20.9 Å². The fraction of sp³-hybridized carbons (Fsp3) is 0.222. The van der Waals surface area contributed by atoms with E-state index in [9.17, 15) is 19.2 Å². The van der Waals surface area contributed by atoms with Gasteiger partial charge in [-0.2, -0.15) is 0 Å². The minimum Gasteiger partial charge on any atom is -0.379 e. The first-order valence-electron chi connectivity index (χ1n) is 15.2. The van der Waals surface area contributed by atoms with E-state index >= 15 is 0 Å². The maximum Gasteiger partial charge on any atom is 0.258 e. The molecule has 10 heteroatoms. The number of aryl methyl sites for hydroxylation is 1. The fourth-order valence-electron chi connectivity index (χ4n) is 5.97. The standard InChI is InChI=1S/C36H35N5O5/c1-24-10-12-25(13-11-24)28-6-2-3-7-29(28)34(44)38-27-16-14-26(15-17-27)36(45)40-19-18-32(42)41(31-9-5-4-8-30(31)40)35(33(37)43)39-20-22-46-23-21-39/h2-17,35H,18-23H2,1H3,(H2,37,43)(H,38,44). The highest BCUT2D eigenvalue weighted by molar-refractivity contribution is 6.13. The van der Waals surface area contributed by atoms with E-state index in [1.807, 2.05) is 54.3 Å². The molecule has 0 spiro atoms. The van der Waals surface area contributed by atoms with Crippen molar-refractivity contribution in [1.82, 2.24) is 4.90 Å². The number of nitrogens with one attached hydrogen (secondary N) is 1. The summed E-state index contributed by atoms with van der Waals surface area (Å²) in [7, 11) is 0. The Morgan fingerprint density at radius 3 is 2.15 bits per heavy atom. The maximum atomic E-state index is 13.9. The summed E-state index contributed by atoms with van der Waals surface area (Å²) in [5, 5.41) is 2.94. The number of carbonyl (C=O) groups is 4. The molecular weight excluding hydrogens is 582 g/mol. The van der Waals surface area contributed by atoms with E-state index in [2.05, 4.69) is 5.32 Å². The molecule has 1 saturated heterocycles. The van der Waals surface area contributed by atoms with Gasteiger partial charge in [-0.1, -0.05) is 60.2 Å². The molecule has 1 atom stereocenters. The molecule has 4 aromatic carbocycles. The quantitative estimate of drug-likeness (QED) is 0.316. The van der Waals surface area contributed by atoms with Gasteiger partial charge in [0.15, 0.2) is 6.17 Å². The van der Waals surface area contributed by atoms with Gasteiger partial charge in [0.1, 0.15) is 0 Å². The van der Waals surface area contributed by atoms with Gasteiger partial charge in [-0.05, 0) is 60.5 Å². The molecule has 3 N–H and O–H groups in total. The minimum atomic E-state index is -1.01. The van der Waals surface area contributed by atoms with Crippen molar-refractivity contribution >= 4 is 40.7 Å². The van der Waals surface area contributed by atoms with Crippen molar-refractivity contribution < 1.29 is 23.9 Å². The van der Waals surface area contributed by atoms with Crippen molar-refractivity contribution in [3.8, 4) is 11.1 Å². The Bertz CT molecular complexity index is 1770. The van der Waals surface area contributed by atoms with Crippen molar-refractivity contribution in [2.24, 2.45) is 5.73 Å². The van der Waals surface area contributed by atoms with Gasteiger partial charge in [0.05, 0.1) is 24.6 Å². The number of hydrogen-bond donors (Lipinski definition) is 2. The highest BCUT2D eigenvalue weighted by atomic mass is 16.5. The largest absolute Gasteiger partial charge is 0.379 e. The third kappa shape index (κ3) is 6.26. The summed E-state index contributed by atoms with van der Waals surface area (Å²) in [6, 6.07) is 29.1. The molecule has 0 aromatic heterocycles. The highest BCUT2D eigenvalue weighted by Gasteiger charge is 2.39. The predicted octanol–water partition coefficient (Wildman–Crippen LogP) is 4.44. The molecule has 0 bridgehead atoms. The van der Waals surface area contributed by atoms with Gasteiger partial charge in [0, 0.05) is 42.9 Å². The number of nitrogens with two attached hydrogens (primary N) is 1. The van der Waals surface area contributed by atoms with Crippen LogP contribution in [0, 0.1) is 6.92 Å². The molecule has 1 fully saturated rings. The summed E-state index contributed by atoms with van der Waals surface area (Å²) in [5.74, 6) is -1.53. The van der Waals surface area contributed by atoms with Crippen LogP contribution in [0.25, 0.3) is 11.1 Å². The van der Waals surface area contributed by atoms with E-state index in [0.29, 0.717) is 54.5 Å². The van der Waals surface area contributed by atoms with Crippen LogP contribution in [0.1, 0.15) is 32.7 Å². The number of primary amides is 1. The zero-order valence-corrected chi connectivity index (χ0v) is 25.5. The van der Waals surface area contributed by atoms with Crippen LogP contribution in [0.15, 0.2) is 97.1 Å². The Morgan fingerprint density at radius 2 is 1.46 bits per heavy atom. The minimum absolute atomic E-state index is 0.00305. The van der Waals surface area contributed by atoms with Crippen molar-refractivity contribution in [3.63, 3.8) is 0 Å². The summed E-state index contributed by atoms with van der Waals surface area (Å²) in [6.07, 6.45) is -1.00. The smallest absolute Gasteiger partial charge is 0.258 e. The molecule has 0 radical (unpaired) electrons. The van der Waals surface area contributed by atoms with Crippen LogP contribution in [0.3, 0.4) is 0 Å². The van der Waals surface area contributed by atoms with E-state index in [1.54, 1.807) is 59.5 Å². The summed E-state index contributed by atoms with van der Waals surface area (Å²) in [4.78, 5) is 58.3. The first kappa shape index (κ1) is 30.7. The van der Waals surface area contributed by atoms with E-state index in [4.69, 9.17) is 10.5 Å². The zero-order valence-electron chi connectivity index (χ0n) is 25.5. The molecule has 4 aromatic rings. The second kappa shape index (κ2) is 13.4. The van der Waals surface area contributed by atoms with Gasteiger partial charge >= 0.3 is 0 Å². The number of nitrogens with zero attached hydrogens (tertiary/aromatic N) is 3. The first-order chi connectivity index (χ1) is 22.3. The van der Waals surface area contributed by atoms with Crippen LogP contribution in [-0.4, -0.2) is 67.5 Å². The molecule has 2 aliphatic heterocycles. The monoisotopic (exact) mass is 617 g/mol. The van der Waals surface area contributed by atoms with E-state index in [1.165, 1.54) is 4.90 Å². The van der Waals surface area contributed by atoms with E-state index < -0.39 is 12.1 Å². The highest BCUT2D eigenvalue weighted by Crippen LogP contribution is 2.36. The van der Waals surface area contributed by atoms with Crippen molar-refractivity contribution in [3.05, 3.63) is 114 Å². The molecule has 2 heterocycles. The number of hydrogen-bond acceptors (Lipinski definition) is 6. The normalized spacial score (nSPS) is 15.9. The molecule has 234 valence electrons. The third-order valence-corrected chi connectivity index (χ3v) is 8.31. The molecule has 2 aliphatic rings. The van der Waals surface area contributed by atoms with Crippen molar-refractivity contribution in [1.29, 1.82) is 0 Å². The number of morpholine rings is 1. The molecule has 0 saturated carbocycles. The number of fused-ring (bicyclic) bond motifs is 1. The molecule has 1 unspecified atom stereocenters. The number of rotatable bonds is 7. The number of para-hydroxylation sites is 2. The molecule has 6 rings (SSSR count). The van der Waals surface area contributed by atoms with Gasteiger partial charge in [-0.3, -0.25) is 29.0 Å². The average Bonchev–Trinajstić information content (AvgIpc) is 3.22. The number of ether oxygens (including phenoxy) is 1. The summed E-state index contributed by atoms with van der Waals surface area (Å²) >= 11 is 0. The summed E-state index contributed by atoms with van der Waals surface area (Å²) < 4.78 is 5.44. The Hall–Kier alpha value is -5.32. The van der Waals surface area contributed by atoms with Crippen molar-refractivity contribution in [2.45, 2.75) is 19.5 Å². The number of carbonyl (C=O) groups excluding carboxylic acids is 4. The molecular formula is C36H35N5O5. The van der Waals surface area contributed by atoms with Crippen LogP contribution in [0.4, 0.5) is 17.1 Å². The van der Waals surface area contributed by atoms with E-state index in [-0.39, 0.29) is 30.7 Å². The lowest BCUT2D eigenvalue weighted by atomic mass is 9.98. The van der Waals surface area contributed by atoms with Crippen LogP contribution >= 0.6 is 0 Å². The average molecular weight is 618 g/mol. The Balaban J connectivity index is 1.23. The second-order valence-electron chi connectivity index (χ2n) is 11.3. The lowest BCUT2D eigenvalue weighted by molar-refractivity contribution is -0.130. The van der Waals surface area contributed by atoms with Gasteiger partial charge in [0.25, 0.3) is 17.7 Å². The maximum absolute atomic E-state index is 13.9. The first-order valence-corrected chi connectivity index (χ1v) is 15.2. The van der Waals surface area contributed by atoms with Crippen molar-refractivity contribution in [2.75, 3.05) is 48.0 Å². The third-order valence-electron chi connectivity index (χ3n) is 8.31.